The third-order valence-corrected chi connectivity index (χ3v) is 5.30. The molecule has 0 aliphatic carbocycles. The summed E-state index contributed by atoms with van der Waals surface area (Å²) in [6.07, 6.45) is 0.566. The number of benzene rings is 2. The fourth-order valence-corrected chi connectivity index (χ4v) is 3.44. The molecule has 2 aromatic carbocycles. The average Bonchev–Trinajstić information content (AvgIpc) is 2.64. The van der Waals surface area contributed by atoms with Crippen LogP contribution in [0.5, 0.6) is 0 Å². The lowest BCUT2D eigenvalue weighted by Gasteiger charge is -2.09. The second-order valence-electron chi connectivity index (χ2n) is 5.58. The van der Waals surface area contributed by atoms with E-state index in [0.717, 1.165) is 5.56 Å². The fraction of sp³-hybridized carbons (Fsp3) is 0.278. The van der Waals surface area contributed by atoms with E-state index < -0.39 is 10.0 Å². The molecule has 0 radical (unpaired) electrons. The van der Waals surface area contributed by atoms with Gasteiger partial charge in [-0.25, -0.2) is 13.1 Å². The first-order chi connectivity index (χ1) is 12.4. The molecule has 0 aliphatic rings. The van der Waals surface area contributed by atoms with Gasteiger partial charge < -0.3 is 10.1 Å². The van der Waals surface area contributed by atoms with Crippen LogP contribution in [0.15, 0.2) is 53.4 Å². The number of carbonyl (C=O) groups excluding carboxylic acids is 1. The summed E-state index contributed by atoms with van der Waals surface area (Å²) in [6, 6.07) is 13.0. The number of nitrogens with one attached hydrogen (secondary N) is 2. The zero-order valence-electron chi connectivity index (χ0n) is 14.4. The van der Waals surface area contributed by atoms with E-state index in [9.17, 15) is 13.2 Å². The van der Waals surface area contributed by atoms with Crippen molar-refractivity contribution in [2.75, 3.05) is 20.3 Å². The summed E-state index contributed by atoms with van der Waals surface area (Å²) in [5, 5.41) is 3.38. The van der Waals surface area contributed by atoms with Crippen molar-refractivity contribution >= 4 is 27.5 Å². The Balaban J connectivity index is 2.00. The van der Waals surface area contributed by atoms with Crippen LogP contribution < -0.4 is 10.0 Å². The molecule has 26 heavy (non-hydrogen) atoms. The van der Waals surface area contributed by atoms with E-state index in [1.807, 2.05) is 12.1 Å². The van der Waals surface area contributed by atoms with Gasteiger partial charge in [-0.3, -0.25) is 4.79 Å². The minimum absolute atomic E-state index is 0.0501. The number of rotatable bonds is 9. The Morgan fingerprint density at radius 3 is 2.58 bits per heavy atom. The zero-order valence-corrected chi connectivity index (χ0v) is 15.9. The van der Waals surface area contributed by atoms with Crippen LogP contribution in [0, 0.1) is 0 Å². The van der Waals surface area contributed by atoms with Crippen LogP contribution in [0.3, 0.4) is 0 Å². The quantitative estimate of drug-likeness (QED) is 0.638. The highest BCUT2D eigenvalue weighted by molar-refractivity contribution is 7.89. The maximum atomic E-state index is 12.3. The van der Waals surface area contributed by atoms with Gasteiger partial charge in [0.05, 0.1) is 4.90 Å². The third kappa shape index (κ3) is 6.10. The Hall–Kier alpha value is -1.93. The monoisotopic (exact) mass is 396 g/mol. The molecule has 0 fully saturated rings. The minimum atomic E-state index is -3.67. The molecule has 0 aromatic heterocycles. The summed E-state index contributed by atoms with van der Waals surface area (Å²) < 4.78 is 31.9. The number of sulfonamides is 1. The highest BCUT2D eigenvalue weighted by atomic mass is 35.5. The van der Waals surface area contributed by atoms with Gasteiger partial charge in [-0.05, 0) is 42.3 Å². The van der Waals surface area contributed by atoms with Crippen LogP contribution in [0.2, 0.25) is 5.02 Å². The highest BCUT2D eigenvalue weighted by Crippen LogP contribution is 2.13. The molecule has 2 aromatic rings. The molecule has 6 nitrogen and oxygen atoms in total. The zero-order chi connectivity index (χ0) is 19.0. The minimum Gasteiger partial charge on any atom is -0.385 e. The molecule has 140 valence electrons. The first-order valence-electron chi connectivity index (χ1n) is 8.04. The number of methoxy groups -OCH3 is 1. The van der Waals surface area contributed by atoms with E-state index in [0.29, 0.717) is 24.6 Å². The number of carbonyl (C=O) groups is 1. The third-order valence-electron chi connectivity index (χ3n) is 3.59. The number of amides is 1. The Morgan fingerprint density at radius 2 is 1.88 bits per heavy atom. The number of ether oxygens (including phenoxy) is 1. The lowest BCUT2D eigenvalue weighted by Crippen LogP contribution is -2.26. The van der Waals surface area contributed by atoms with Gasteiger partial charge in [0.15, 0.2) is 0 Å². The van der Waals surface area contributed by atoms with Gasteiger partial charge >= 0.3 is 0 Å². The van der Waals surface area contributed by atoms with Crippen LogP contribution >= 0.6 is 11.6 Å². The van der Waals surface area contributed by atoms with Gasteiger partial charge in [-0.2, -0.15) is 0 Å². The van der Waals surface area contributed by atoms with E-state index in [2.05, 4.69) is 10.0 Å². The van der Waals surface area contributed by atoms with Crippen molar-refractivity contribution in [2.24, 2.45) is 0 Å². The average molecular weight is 397 g/mol. The van der Waals surface area contributed by atoms with Crippen LogP contribution in [0.4, 0.5) is 0 Å². The molecule has 0 unspecified atom stereocenters. The van der Waals surface area contributed by atoms with E-state index in [1.165, 1.54) is 12.1 Å². The summed E-state index contributed by atoms with van der Waals surface area (Å²) in [7, 11) is -2.11. The second kappa shape index (κ2) is 9.68. The number of hydrogen-bond acceptors (Lipinski definition) is 4. The van der Waals surface area contributed by atoms with E-state index >= 15 is 0 Å². The molecule has 0 heterocycles. The molecule has 2 N–H and O–H groups in total. The lowest BCUT2D eigenvalue weighted by molar-refractivity contribution is 0.0950. The summed E-state index contributed by atoms with van der Waals surface area (Å²) >= 11 is 5.83. The van der Waals surface area contributed by atoms with Gasteiger partial charge in [-0.1, -0.05) is 29.8 Å². The molecule has 0 saturated carbocycles. The Morgan fingerprint density at radius 1 is 1.15 bits per heavy atom. The summed E-state index contributed by atoms with van der Waals surface area (Å²) in [6.45, 7) is 1.06. The first kappa shape index (κ1) is 20.4. The van der Waals surface area contributed by atoms with Crippen LogP contribution in [-0.2, 0) is 21.3 Å². The SMILES string of the molecule is COCCCNS(=O)(=O)c1cccc(C(=O)NCc2ccc(Cl)cc2)c1. The van der Waals surface area contributed by atoms with Crippen LogP contribution in [-0.4, -0.2) is 34.6 Å². The van der Waals surface area contributed by atoms with Gasteiger partial charge in [0.2, 0.25) is 10.0 Å². The van der Waals surface area contributed by atoms with Gasteiger partial charge in [0.1, 0.15) is 0 Å². The number of halogens is 1. The summed E-state index contributed by atoms with van der Waals surface area (Å²) in [5.41, 5.74) is 1.17. The van der Waals surface area contributed by atoms with Crippen molar-refractivity contribution in [1.82, 2.24) is 10.0 Å². The van der Waals surface area contributed by atoms with Crippen molar-refractivity contribution in [3.63, 3.8) is 0 Å². The molecule has 0 atom stereocenters. The Bertz CT molecular complexity index is 839. The topological polar surface area (TPSA) is 84.5 Å². The predicted octanol–water partition coefficient (Wildman–Crippen LogP) is 2.58. The normalized spacial score (nSPS) is 11.3. The molecule has 0 saturated heterocycles. The Kier molecular flexibility index (Phi) is 7.59. The predicted molar refractivity (Wildman–Crippen MR) is 101 cm³/mol. The molecule has 8 heteroatoms. The van der Waals surface area contributed by atoms with Crippen LogP contribution in [0.25, 0.3) is 0 Å². The van der Waals surface area contributed by atoms with E-state index in [-0.39, 0.29) is 22.9 Å². The molecule has 0 bridgehead atoms. The first-order valence-corrected chi connectivity index (χ1v) is 9.90. The van der Waals surface area contributed by atoms with Gasteiger partial charge in [0.25, 0.3) is 5.91 Å². The molecule has 0 aliphatic heterocycles. The smallest absolute Gasteiger partial charge is 0.251 e. The summed E-state index contributed by atoms with van der Waals surface area (Å²) in [5.74, 6) is -0.351. The Labute approximate surface area is 158 Å². The molecule has 2 rings (SSSR count). The summed E-state index contributed by atoms with van der Waals surface area (Å²) in [4.78, 5) is 12.3. The lowest BCUT2D eigenvalue weighted by atomic mass is 10.2. The molecular weight excluding hydrogens is 376 g/mol. The van der Waals surface area contributed by atoms with Crippen molar-refractivity contribution in [2.45, 2.75) is 17.9 Å². The van der Waals surface area contributed by atoms with E-state index in [1.54, 1.807) is 31.4 Å². The second-order valence-corrected chi connectivity index (χ2v) is 7.78. The molecule has 1 amide bonds. The molecular formula is C18H21ClN2O4S. The van der Waals surface area contributed by atoms with Crippen LogP contribution in [0.1, 0.15) is 22.3 Å². The van der Waals surface area contributed by atoms with Gasteiger partial charge in [-0.15, -0.1) is 0 Å². The van der Waals surface area contributed by atoms with E-state index in [4.69, 9.17) is 16.3 Å². The van der Waals surface area contributed by atoms with Crippen molar-refractivity contribution in [3.8, 4) is 0 Å². The van der Waals surface area contributed by atoms with Crippen molar-refractivity contribution < 1.29 is 17.9 Å². The fourth-order valence-electron chi connectivity index (χ4n) is 2.20. The standard InChI is InChI=1S/C18H21ClN2O4S/c1-25-11-3-10-21-26(23,24)17-5-2-4-15(12-17)18(22)20-13-14-6-8-16(19)9-7-14/h2,4-9,12,21H,3,10-11,13H2,1H3,(H,20,22). The van der Waals surface area contributed by atoms with Crippen molar-refractivity contribution in [3.05, 3.63) is 64.7 Å². The van der Waals surface area contributed by atoms with Crippen molar-refractivity contribution in [1.29, 1.82) is 0 Å². The molecule has 0 spiro atoms. The van der Waals surface area contributed by atoms with Gasteiger partial charge in [0, 0.05) is 37.4 Å². The number of hydrogen-bond donors (Lipinski definition) is 2. The largest absolute Gasteiger partial charge is 0.385 e. The maximum absolute atomic E-state index is 12.3. The maximum Gasteiger partial charge on any atom is 0.251 e. The highest BCUT2D eigenvalue weighted by Gasteiger charge is 2.15.